The maximum absolute atomic E-state index is 12.0. The standard InChI is InChI=1S/C13H15Cl3N2O2/c14-8-5-10(15)13(11(16)6-8)17-12(20)7-18-3-1-9(19)2-4-18/h5-6,9,19H,1-4,7H2,(H,17,20). The Kier molecular flexibility index (Phi) is 5.52. The first-order valence-corrected chi connectivity index (χ1v) is 7.44. The molecule has 2 rings (SSSR count). The Morgan fingerprint density at radius 2 is 1.80 bits per heavy atom. The third-order valence-corrected chi connectivity index (χ3v) is 4.01. The molecule has 1 heterocycles. The molecule has 1 aliphatic rings. The van der Waals surface area contributed by atoms with Gasteiger partial charge in [0, 0.05) is 18.1 Å². The first-order valence-electron chi connectivity index (χ1n) is 6.30. The summed E-state index contributed by atoms with van der Waals surface area (Å²) in [6, 6.07) is 3.06. The van der Waals surface area contributed by atoms with E-state index in [1.807, 2.05) is 4.90 Å². The predicted octanol–water partition coefficient (Wildman–Crippen LogP) is 3.04. The molecule has 0 atom stereocenters. The van der Waals surface area contributed by atoms with Gasteiger partial charge in [0.2, 0.25) is 5.91 Å². The van der Waals surface area contributed by atoms with Gasteiger partial charge in [0.25, 0.3) is 0 Å². The van der Waals surface area contributed by atoms with E-state index in [1.54, 1.807) is 0 Å². The second-order valence-corrected chi connectivity index (χ2v) is 6.05. The Morgan fingerprint density at radius 3 is 2.35 bits per heavy atom. The lowest BCUT2D eigenvalue weighted by molar-refractivity contribution is -0.117. The molecule has 0 bridgehead atoms. The highest BCUT2D eigenvalue weighted by Crippen LogP contribution is 2.33. The molecule has 1 aromatic rings. The second kappa shape index (κ2) is 6.96. The Balaban J connectivity index is 1.95. The van der Waals surface area contributed by atoms with E-state index in [9.17, 15) is 9.90 Å². The molecule has 1 amide bonds. The summed E-state index contributed by atoms with van der Waals surface area (Å²) in [5, 5.41) is 13.2. The number of nitrogens with one attached hydrogen (secondary N) is 1. The van der Waals surface area contributed by atoms with Gasteiger partial charge in [-0.05, 0) is 25.0 Å². The third kappa shape index (κ3) is 4.24. The van der Waals surface area contributed by atoms with Crippen LogP contribution in [0.25, 0.3) is 0 Å². The Labute approximate surface area is 132 Å². The van der Waals surface area contributed by atoms with E-state index in [0.717, 1.165) is 0 Å². The van der Waals surface area contributed by atoms with E-state index in [2.05, 4.69) is 5.32 Å². The van der Waals surface area contributed by atoms with Crippen molar-refractivity contribution in [3.63, 3.8) is 0 Å². The number of hydrogen-bond donors (Lipinski definition) is 2. The van der Waals surface area contributed by atoms with Gasteiger partial charge in [0.05, 0.1) is 28.4 Å². The number of hydrogen-bond acceptors (Lipinski definition) is 3. The van der Waals surface area contributed by atoms with E-state index < -0.39 is 0 Å². The molecule has 7 heteroatoms. The minimum atomic E-state index is -0.255. The topological polar surface area (TPSA) is 52.6 Å². The minimum Gasteiger partial charge on any atom is -0.393 e. The van der Waals surface area contributed by atoms with Gasteiger partial charge in [-0.15, -0.1) is 0 Å². The molecule has 2 N–H and O–H groups in total. The number of aliphatic hydroxyl groups is 1. The average molecular weight is 338 g/mol. The van der Waals surface area contributed by atoms with Crippen molar-refractivity contribution in [2.24, 2.45) is 0 Å². The van der Waals surface area contributed by atoms with Crippen molar-refractivity contribution in [2.45, 2.75) is 18.9 Å². The highest BCUT2D eigenvalue weighted by atomic mass is 35.5. The number of halogens is 3. The number of piperidine rings is 1. The van der Waals surface area contributed by atoms with Crippen LogP contribution in [0.15, 0.2) is 12.1 Å². The van der Waals surface area contributed by atoms with Gasteiger partial charge in [0.15, 0.2) is 0 Å². The van der Waals surface area contributed by atoms with E-state index >= 15 is 0 Å². The normalized spacial score (nSPS) is 17.2. The van der Waals surface area contributed by atoms with Gasteiger partial charge in [-0.1, -0.05) is 34.8 Å². The van der Waals surface area contributed by atoms with E-state index in [1.165, 1.54) is 12.1 Å². The molecule has 1 saturated heterocycles. The molecule has 0 radical (unpaired) electrons. The summed E-state index contributed by atoms with van der Waals surface area (Å²) >= 11 is 17.8. The lowest BCUT2D eigenvalue weighted by atomic mass is 10.1. The Morgan fingerprint density at radius 1 is 1.25 bits per heavy atom. The summed E-state index contributed by atoms with van der Waals surface area (Å²) in [6.07, 6.45) is 1.13. The number of aliphatic hydroxyl groups excluding tert-OH is 1. The number of anilines is 1. The minimum absolute atomic E-state index is 0.187. The first kappa shape index (κ1) is 15.9. The van der Waals surface area contributed by atoms with Crippen LogP contribution in [0.5, 0.6) is 0 Å². The van der Waals surface area contributed by atoms with Crippen LogP contribution >= 0.6 is 34.8 Å². The van der Waals surface area contributed by atoms with E-state index in [0.29, 0.717) is 46.7 Å². The van der Waals surface area contributed by atoms with Gasteiger partial charge in [-0.2, -0.15) is 0 Å². The molecule has 110 valence electrons. The fourth-order valence-corrected chi connectivity index (χ4v) is 3.03. The molecule has 0 saturated carbocycles. The number of rotatable bonds is 3. The van der Waals surface area contributed by atoms with Gasteiger partial charge in [-0.25, -0.2) is 0 Å². The number of likely N-dealkylation sites (tertiary alicyclic amines) is 1. The molecule has 1 aromatic carbocycles. The summed E-state index contributed by atoms with van der Waals surface area (Å²) in [6.45, 7) is 1.66. The zero-order chi connectivity index (χ0) is 14.7. The van der Waals surface area contributed by atoms with Crippen LogP contribution in [0.4, 0.5) is 5.69 Å². The van der Waals surface area contributed by atoms with Gasteiger partial charge >= 0.3 is 0 Å². The molecule has 20 heavy (non-hydrogen) atoms. The van der Waals surface area contributed by atoms with Crippen LogP contribution in [-0.2, 0) is 4.79 Å². The van der Waals surface area contributed by atoms with Crippen LogP contribution < -0.4 is 5.32 Å². The first-order chi connectivity index (χ1) is 9.45. The van der Waals surface area contributed by atoms with Crippen molar-refractivity contribution in [2.75, 3.05) is 25.0 Å². The summed E-state index contributed by atoms with van der Waals surface area (Å²) in [7, 11) is 0. The molecular formula is C13H15Cl3N2O2. The number of carbonyl (C=O) groups is 1. The molecule has 1 aliphatic heterocycles. The van der Waals surface area contributed by atoms with Crippen LogP contribution in [0.2, 0.25) is 15.1 Å². The number of nitrogens with zero attached hydrogens (tertiary/aromatic N) is 1. The highest BCUT2D eigenvalue weighted by Gasteiger charge is 2.20. The van der Waals surface area contributed by atoms with Crippen LogP contribution in [0, 0.1) is 0 Å². The van der Waals surface area contributed by atoms with E-state index in [4.69, 9.17) is 34.8 Å². The zero-order valence-corrected chi connectivity index (χ0v) is 13.0. The van der Waals surface area contributed by atoms with Crippen molar-refractivity contribution in [3.8, 4) is 0 Å². The fourth-order valence-electron chi connectivity index (χ4n) is 2.12. The van der Waals surface area contributed by atoms with E-state index in [-0.39, 0.29) is 18.6 Å². The smallest absolute Gasteiger partial charge is 0.238 e. The molecule has 0 aromatic heterocycles. The van der Waals surface area contributed by atoms with Gasteiger partial charge < -0.3 is 10.4 Å². The van der Waals surface area contributed by atoms with Crippen molar-refractivity contribution in [1.29, 1.82) is 0 Å². The monoisotopic (exact) mass is 336 g/mol. The maximum Gasteiger partial charge on any atom is 0.238 e. The number of benzene rings is 1. The van der Waals surface area contributed by atoms with Crippen molar-refractivity contribution >= 4 is 46.4 Å². The summed E-state index contributed by atoms with van der Waals surface area (Å²) in [5.41, 5.74) is 0.375. The number of amides is 1. The highest BCUT2D eigenvalue weighted by molar-refractivity contribution is 6.42. The van der Waals surface area contributed by atoms with Gasteiger partial charge in [-0.3, -0.25) is 9.69 Å². The van der Waals surface area contributed by atoms with Crippen LogP contribution in [-0.4, -0.2) is 41.7 Å². The summed E-state index contributed by atoms with van der Waals surface area (Å²) in [5.74, 6) is -0.187. The lowest BCUT2D eigenvalue weighted by Gasteiger charge is -2.28. The maximum atomic E-state index is 12.0. The second-order valence-electron chi connectivity index (χ2n) is 4.80. The molecule has 0 unspecified atom stereocenters. The summed E-state index contributed by atoms with van der Waals surface area (Å²) < 4.78 is 0. The fraction of sp³-hybridized carbons (Fsp3) is 0.462. The molecule has 0 aliphatic carbocycles. The molecule has 1 fully saturated rings. The van der Waals surface area contributed by atoms with Crippen molar-refractivity contribution in [1.82, 2.24) is 4.90 Å². The van der Waals surface area contributed by atoms with Crippen molar-refractivity contribution < 1.29 is 9.90 Å². The van der Waals surface area contributed by atoms with Gasteiger partial charge in [0.1, 0.15) is 0 Å². The predicted molar refractivity (Wildman–Crippen MR) is 81.8 cm³/mol. The van der Waals surface area contributed by atoms with Crippen LogP contribution in [0.1, 0.15) is 12.8 Å². The largest absolute Gasteiger partial charge is 0.393 e. The van der Waals surface area contributed by atoms with Crippen molar-refractivity contribution in [3.05, 3.63) is 27.2 Å². The summed E-state index contributed by atoms with van der Waals surface area (Å²) in [4.78, 5) is 14.0. The molecule has 4 nitrogen and oxygen atoms in total. The van der Waals surface area contributed by atoms with Crippen LogP contribution in [0.3, 0.4) is 0 Å². The zero-order valence-electron chi connectivity index (χ0n) is 10.7. The lowest BCUT2D eigenvalue weighted by Crippen LogP contribution is -2.40. The average Bonchev–Trinajstić information content (AvgIpc) is 2.36. The Hall–Kier alpha value is -0.520. The molecular weight excluding hydrogens is 323 g/mol. The quantitative estimate of drug-likeness (QED) is 0.891. The molecule has 0 spiro atoms. The Bertz CT molecular complexity index is 479. The third-order valence-electron chi connectivity index (χ3n) is 3.20. The SMILES string of the molecule is O=C(CN1CCC(O)CC1)Nc1c(Cl)cc(Cl)cc1Cl. The number of carbonyl (C=O) groups excluding carboxylic acids is 1.